The SMILES string of the molecule is CCCNC(C(=O)O)c1ccc2c(c1)OCCCO2. The highest BCUT2D eigenvalue weighted by molar-refractivity contribution is 5.76. The van der Waals surface area contributed by atoms with Gasteiger partial charge in [0.05, 0.1) is 13.2 Å². The largest absolute Gasteiger partial charge is 0.490 e. The monoisotopic (exact) mass is 265 g/mol. The molecule has 0 bridgehead atoms. The van der Waals surface area contributed by atoms with Crippen molar-refractivity contribution in [3.05, 3.63) is 23.8 Å². The number of hydrogen-bond acceptors (Lipinski definition) is 4. The Labute approximate surface area is 112 Å². The van der Waals surface area contributed by atoms with Gasteiger partial charge >= 0.3 is 5.97 Å². The van der Waals surface area contributed by atoms with Crippen molar-refractivity contribution in [2.75, 3.05) is 19.8 Å². The van der Waals surface area contributed by atoms with Gasteiger partial charge in [-0.1, -0.05) is 13.0 Å². The van der Waals surface area contributed by atoms with Crippen LogP contribution in [0, 0.1) is 0 Å². The van der Waals surface area contributed by atoms with Gasteiger partial charge in [-0.2, -0.15) is 0 Å². The van der Waals surface area contributed by atoms with Crippen molar-refractivity contribution in [2.45, 2.75) is 25.8 Å². The van der Waals surface area contributed by atoms with Gasteiger partial charge in [0.2, 0.25) is 0 Å². The quantitative estimate of drug-likeness (QED) is 0.852. The molecule has 1 atom stereocenters. The number of carbonyl (C=O) groups is 1. The topological polar surface area (TPSA) is 67.8 Å². The fourth-order valence-corrected chi connectivity index (χ4v) is 2.00. The van der Waals surface area contributed by atoms with Crippen molar-refractivity contribution < 1.29 is 19.4 Å². The van der Waals surface area contributed by atoms with Crippen LogP contribution in [0.25, 0.3) is 0 Å². The second-order valence-electron chi connectivity index (χ2n) is 4.48. The number of carboxylic acids is 1. The predicted molar refractivity (Wildman–Crippen MR) is 70.7 cm³/mol. The van der Waals surface area contributed by atoms with E-state index in [4.69, 9.17) is 9.47 Å². The zero-order valence-corrected chi connectivity index (χ0v) is 11.0. The molecule has 1 aliphatic heterocycles. The number of benzene rings is 1. The summed E-state index contributed by atoms with van der Waals surface area (Å²) < 4.78 is 11.1. The first-order valence-corrected chi connectivity index (χ1v) is 6.58. The molecule has 5 heteroatoms. The molecule has 104 valence electrons. The van der Waals surface area contributed by atoms with Gasteiger partial charge < -0.3 is 19.9 Å². The maximum atomic E-state index is 11.3. The molecule has 0 aliphatic carbocycles. The molecule has 0 spiro atoms. The highest BCUT2D eigenvalue weighted by atomic mass is 16.5. The second kappa shape index (κ2) is 6.43. The number of aliphatic carboxylic acids is 1. The molecule has 5 nitrogen and oxygen atoms in total. The molecular weight excluding hydrogens is 246 g/mol. The Bertz CT molecular complexity index is 447. The Balaban J connectivity index is 2.23. The van der Waals surface area contributed by atoms with E-state index in [1.165, 1.54) is 0 Å². The van der Waals surface area contributed by atoms with Gasteiger partial charge in [0.1, 0.15) is 6.04 Å². The van der Waals surface area contributed by atoms with Gasteiger partial charge in [-0.15, -0.1) is 0 Å². The fourth-order valence-electron chi connectivity index (χ4n) is 2.00. The number of hydrogen-bond donors (Lipinski definition) is 2. The Morgan fingerprint density at radius 3 is 2.79 bits per heavy atom. The smallest absolute Gasteiger partial charge is 0.325 e. The third kappa shape index (κ3) is 3.38. The Morgan fingerprint density at radius 2 is 2.11 bits per heavy atom. The summed E-state index contributed by atoms with van der Waals surface area (Å²) in [6.07, 6.45) is 1.72. The standard InChI is InChI=1S/C14H19NO4/c1-2-6-15-13(14(16)17)10-4-5-11-12(9-10)19-8-3-7-18-11/h4-5,9,13,15H,2-3,6-8H2,1H3,(H,16,17). The molecule has 1 aromatic carbocycles. The van der Waals surface area contributed by atoms with Crippen LogP contribution in [0.5, 0.6) is 11.5 Å². The van der Waals surface area contributed by atoms with Crippen LogP contribution in [0.15, 0.2) is 18.2 Å². The van der Waals surface area contributed by atoms with Crippen molar-refractivity contribution in [2.24, 2.45) is 0 Å². The summed E-state index contributed by atoms with van der Waals surface area (Å²) in [5, 5.41) is 12.3. The average Bonchev–Trinajstić information content (AvgIpc) is 2.63. The summed E-state index contributed by atoms with van der Waals surface area (Å²) in [6.45, 7) is 3.88. The Kier molecular flexibility index (Phi) is 4.63. The molecule has 0 radical (unpaired) electrons. The lowest BCUT2D eigenvalue weighted by molar-refractivity contribution is -0.139. The zero-order valence-electron chi connectivity index (χ0n) is 11.0. The van der Waals surface area contributed by atoms with Gasteiger partial charge in [0.15, 0.2) is 11.5 Å². The summed E-state index contributed by atoms with van der Waals surface area (Å²) in [6, 6.07) is 4.59. The number of carboxylic acid groups (broad SMARTS) is 1. The number of nitrogens with one attached hydrogen (secondary N) is 1. The number of ether oxygens (including phenoxy) is 2. The lowest BCUT2D eigenvalue weighted by Gasteiger charge is -2.16. The van der Waals surface area contributed by atoms with Crippen molar-refractivity contribution >= 4 is 5.97 Å². The Morgan fingerprint density at radius 1 is 1.37 bits per heavy atom. The molecule has 1 aliphatic rings. The van der Waals surface area contributed by atoms with E-state index in [0.717, 1.165) is 12.8 Å². The molecule has 2 N–H and O–H groups in total. The van der Waals surface area contributed by atoms with Crippen molar-refractivity contribution in [3.8, 4) is 11.5 Å². The molecule has 19 heavy (non-hydrogen) atoms. The summed E-state index contributed by atoms with van der Waals surface area (Å²) in [4.78, 5) is 11.3. The first-order valence-electron chi connectivity index (χ1n) is 6.58. The van der Waals surface area contributed by atoms with Gasteiger partial charge in [-0.05, 0) is 30.7 Å². The van der Waals surface area contributed by atoms with E-state index < -0.39 is 12.0 Å². The first kappa shape index (κ1) is 13.7. The van der Waals surface area contributed by atoms with Crippen LogP contribution in [-0.2, 0) is 4.79 Å². The summed E-state index contributed by atoms with van der Waals surface area (Å²) in [5.41, 5.74) is 0.685. The number of fused-ring (bicyclic) bond motifs is 1. The van der Waals surface area contributed by atoms with Gasteiger partial charge in [0, 0.05) is 6.42 Å². The molecule has 1 heterocycles. The van der Waals surface area contributed by atoms with E-state index >= 15 is 0 Å². The van der Waals surface area contributed by atoms with Crippen molar-refractivity contribution in [1.82, 2.24) is 5.32 Å². The van der Waals surface area contributed by atoms with Crippen LogP contribution in [-0.4, -0.2) is 30.8 Å². The van der Waals surface area contributed by atoms with Crippen molar-refractivity contribution in [1.29, 1.82) is 0 Å². The molecule has 0 saturated heterocycles. The van der Waals surface area contributed by atoms with Crippen LogP contribution in [0.2, 0.25) is 0 Å². The van der Waals surface area contributed by atoms with E-state index in [0.29, 0.717) is 36.8 Å². The summed E-state index contributed by atoms with van der Waals surface area (Å²) in [7, 11) is 0. The highest BCUT2D eigenvalue weighted by Gasteiger charge is 2.21. The maximum Gasteiger partial charge on any atom is 0.325 e. The maximum absolute atomic E-state index is 11.3. The van der Waals surface area contributed by atoms with Crippen molar-refractivity contribution in [3.63, 3.8) is 0 Å². The minimum atomic E-state index is -0.886. The minimum absolute atomic E-state index is 0.594. The second-order valence-corrected chi connectivity index (χ2v) is 4.48. The van der Waals surface area contributed by atoms with E-state index in [1.807, 2.05) is 6.92 Å². The fraction of sp³-hybridized carbons (Fsp3) is 0.500. The zero-order chi connectivity index (χ0) is 13.7. The summed E-state index contributed by atoms with van der Waals surface area (Å²) >= 11 is 0. The molecule has 1 aromatic rings. The van der Waals surface area contributed by atoms with Crippen LogP contribution < -0.4 is 14.8 Å². The first-order chi connectivity index (χ1) is 9.22. The molecule has 1 unspecified atom stereocenters. The third-order valence-electron chi connectivity index (χ3n) is 2.95. The van der Waals surface area contributed by atoms with E-state index in [-0.39, 0.29) is 0 Å². The molecule has 0 aromatic heterocycles. The minimum Gasteiger partial charge on any atom is -0.490 e. The molecule has 2 rings (SSSR count). The Hall–Kier alpha value is -1.75. The normalized spacial score (nSPS) is 15.6. The predicted octanol–water partition coefficient (Wildman–Crippen LogP) is 1.97. The lowest BCUT2D eigenvalue weighted by Crippen LogP contribution is -2.29. The van der Waals surface area contributed by atoms with Crippen LogP contribution >= 0.6 is 0 Å². The summed E-state index contributed by atoms with van der Waals surface area (Å²) in [5.74, 6) is 0.420. The van der Waals surface area contributed by atoms with E-state index in [1.54, 1.807) is 18.2 Å². The van der Waals surface area contributed by atoms with Crippen LogP contribution in [0.3, 0.4) is 0 Å². The highest BCUT2D eigenvalue weighted by Crippen LogP contribution is 2.32. The number of rotatable bonds is 5. The van der Waals surface area contributed by atoms with Gasteiger partial charge in [-0.25, -0.2) is 0 Å². The third-order valence-corrected chi connectivity index (χ3v) is 2.95. The van der Waals surface area contributed by atoms with E-state index in [9.17, 15) is 9.90 Å². The van der Waals surface area contributed by atoms with Crippen LogP contribution in [0.4, 0.5) is 0 Å². The van der Waals surface area contributed by atoms with Gasteiger partial charge in [-0.3, -0.25) is 4.79 Å². The molecular formula is C14H19NO4. The van der Waals surface area contributed by atoms with Crippen LogP contribution in [0.1, 0.15) is 31.4 Å². The molecule has 0 saturated carbocycles. The van der Waals surface area contributed by atoms with E-state index in [2.05, 4.69) is 5.32 Å². The molecule has 0 amide bonds. The molecule has 0 fully saturated rings. The lowest BCUT2D eigenvalue weighted by atomic mass is 10.1. The average molecular weight is 265 g/mol. The van der Waals surface area contributed by atoms with Gasteiger partial charge in [0.25, 0.3) is 0 Å².